The van der Waals surface area contributed by atoms with Gasteiger partial charge in [-0.05, 0) is 27.3 Å². The Morgan fingerprint density at radius 1 is 1.58 bits per heavy atom. The molecule has 1 N–H and O–H groups in total. The van der Waals surface area contributed by atoms with Crippen molar-refractivity contribution in [3.8, 4) is 0 Å². The second kappa shape index (κ2) is 7.85. The quantitative estimate of drug-likeness (QED) is 0.694. The molecule has 1 atom stereocenters. The number of rotatable bonds is 8. The lowest BCUT2D eigenvalue weighted by molar-refractivity contribution is -0.122. The first-order chi connectivity index (χ1) is 9.04. The van der Waals surface area contributed by atoms with Gasteiger partial charge in [-0.25, -0.2) is 0 Å². The largest absolute Gasteiger partial charge is 0.385 e. The molecule has 0 fully saturated rings. The maximum absolute atomic E-state index is 11.7. The summed E-state index contributed by atoms with van der Waals surface area (Å²) in [5.41, 5.74) is 0. The van der Waals surface area contributed by atoms with Gasteiger partial charge in [0, 0.05) is 20.3 Å². The lowest BCUT2D eigenvalue weighted by Gasteiger charge is -2.20. The van der Waals surface area contributed by atoms with Gasteiger partial charge in [-0.15, -0.1) is 0 Å². The zero-order valence-electron chi connectivity index (χ0n) is 12.0. The first kappa shape index (κ1) is 15.6. The minimum atomic E-state index is -0.0917. The number of methoxy groups -OCH3 is 1. The van der Waals surface area contributed by atoms with Crippen LogP contribution in [-0.4, -0.2) is 54.8 Å². The molecule has 0 aromatic carbocycles. The molecule has 0 unspecified atom stereocenters. The number of hydrogen-bond donors (Lipinski definition) is 1. The van der Waals surface area contributed by atoms with E-state index in [1.807, 2.05) is 18.9 Å². The molecular formula is C12H22N4O3. The molecule has 108 valence electrons. The average molecular weight is 270 g/mol. The Kier molecular flexibility index (Phi) is 6.44. The molecule has 1 aromatic rings. The van der Waals surface area contributed by atoms with E-state index in [0.29, 0.717) is 24.9 Å². The summed E-state index contributed by atoms with van der Waals surface area (Å²) in [5, 5.41) is 6.57. The van der Waals surface area contributed by atoms with Crippen molar-refractivity contribution in [2.24, 2.45) is 0 Å². The van der Waals surface area contributed by atoms with Gasteiger partial charge >= 0.3 is 0 Å². The summed E-state index contributed by atoms with van der Waals surface area (Å²) in [5.74, 6) is 1.09. The monoisotopic (exact) mass is 270 g/mol. The third kappa shape index (κ3) is 5.35. The number of carbonyl (C=O) groups excluding carboxylic acids is 1. The zero-order chi connectivity index (χ0) is 14.3. The van der Waals surface area contributed by atoms with E-state index in [1.54, 1.807) is 14.0 Å². The van der Waals surface area contributed by atoms with Gasteiger partial charge < -0.3 is 14.6 Å². The van der Waals surface area contributed by atoms with E-state index >= 15 is 0 Å². The summed E-state index contributed by atoms with van der Waals surface area (Å²) in [4.78, 5) is 17.7. The number of ether oxygens (including phenoxy) is 1. The molecule has 7 nitrogen and oxygen atoms in total. The lowest BCUT2D eigenvalue weighted by atomic mass is 10.3. The van der Waals surface area contributed by atoms with Crippen LogP contribution in [-0.2, 0) is 9.53 Å². The van der Waals surface area contributed by atoms with Crippen molar-refractivity contribution in [3.05, 3.63) is 11.7 Å². The molecule has 1 aromatic heterocycles. The Balaban J connectivity index is 2.33. The van der Waals surface area contributed by atoms with Gasteiger partial charge in [-0.3, -0.25) is 9.69 Å². The highest BCUT2D eigenvalue weighted by Crippen LogP contribution is 2.15. The number of nitrogens with zero attached hydrogens (tertiary/aromatic N) is 3. The van der Waals surface area contributed by atoms with Crippen molar-refractivity contribution < 1.29 is 14.1 Å². The van der Waals surface area contributed by atoms with Crippen LogP contribution in [0.2, 0.25) is 0 Å². The van der Waals surface area contributed by atoms with Crippen LogP contribution in [0.15, 0.2) is 4.52 Å². The molecular weight excluding hydrogens is 248 g/mol. The summed E-state index contributed by atoms with van der Waals surface area (Å²) in [6.45, 7) is 5.24. The van der Waals surface area contributed by atoms with Crippen molar-refractivity contribution in [2.75, 3.05) is 33.9 Å². The van der Waals surface area contributed by atoms with Gasteiger partial charge in [0.1, 0.15) is 0 Å². The summed E-state index contributed by atoms with van der Waals surface area (Å²) in [7, 11) is 3.49. The molecule has 7 heteroatoms. The fraction of sp³-hybridized carbons (Fsp3) is 0.750. The summed E-state index contributed by atoms with van der Waals surface area (Å²) >= 11 is 0. The highest BCUT2D eigenvalue weighted by molar-refractivity contribution is 5.77. The van der Waals surface area contributed by atoms with Crippen LogP contribution in [0.3, 0.4) is 0 Å². The van der Waals surface area contributed by atoms with Crippen LogP contribution in [0.1, 0.15) is 31.1 Å². The number of amides is 1. The van der Waals surface area contributed by atoms with Crippen LogP contribution >= 0.6 is 0 Å². The number of hydrogen-bond acceptors (Lipinski definition) is 6. The normalized spacial score (nSPS) is 12.7. The molecule has 0 aliphatic heterocycles. The predicted molar refractivity (Wildman–Crippen MR) is 69.6 cm³/mol. The Labute approximate surface area is 113 Å². The SMILES string of the molecule is COCCCNC(=O)CN(C)[C@@H](C)c1nc(C)no1. The van der Waals surface area contributed by atoms with E-state index in [9.17, 15) is 4.79 Å². The topological polar surface area (TPSA) is 80.5 Å². The van der Waals surface area contributed by atoms with Crippen molar-refractivity contribution in [2.45, 2.75) is 26.3 Å². The Morgan fingerprint density at radius 2 is 2.32 bits per heavy atom. The molecule has 0 saturated carbocycles. The molecule has 0 aliphatic carbocycles. The van der Waals surface area contributed by atoms with E-state index < -0.39 is 0 Å². The van der Waals surface area contributed by atoms with Crippen LogP contribution < -0.4 is 5.32 Å². The van der Waals surface area contributed by atoms with E-state index in [0.717, 1.165) is 6.42 Å². The molecule has 0 saturated heterocycles. The maximum atomic E-state index is 11.7. The second-order valence-electron chi connectivity index (χ2n) is 4.47. The third-order valence-corrected chi connectivity index (χ3v) is 2.80. The van der Waals surface area contributed by atoms with Gasteiger partial charge in [0.25, 0.3) is 0 Å². The van der Waals surface area contributed by atoms with Gasteiger partial charge in [0.2, 0.25) is 11.8 Å². The number of aryl methyl sites for hydroxylation is 1. The third-order valence-electron chi connectivity index (χ3n) is 2.80. The van der Waals surface area contributed by atoms with Crippen molar-refractivity contribution in [3.63, 3.8) is 0 Å². The first-order valence-corrected chi connectivity index (χ1v) is 6.30. The van der Waals surface area contributed by atoms with Crippen LogP contribution in [0.5, 0.6) is 0 Å². The molecule has 1 heterocycles. The molecule has 19 heavy (non-hydrogen) atoms. The number of likely N-dealkylation sites (N-methyl/N-ethyl adjacent to an activating group) is 1. The minimum absolute atomic E-state index is 0.0262. The molecule has 0 radical (unpaired) electrons. The first-order valence-electron chi connectivity index (χ1n) is 6.30. The number of nitrogens with one attached hydrogen (secondary N) is 1. The summed E-state index contributed by atoms with van der Waals surface area (Å²) in [6.07, 6.45) is 0.810. The molecule has 1 rings (SSSR count). The number of carbonyl (C=O) groups is 1. The fourth-order valence-electron chi connectivity index (χ4n) is 1.54. The Bertz CT molecular complexity index is 394. The van der Waals surface area contributed by atoms with Gasteiger partial charge in [0.05, 0.1) is 12.6 Å². The van der Waals surface area contributed by atoms with E-state index in [-0.39, 0.29) is 18.5 Å². The van der Waals surface area contributed by atoms with Crippen molar-refractivity contribution >= 4 is 5.91 Å². The Hall–Kier alpha value is -1.47. The highest BCUT2D eigenvalue weighted by Gasteiger charge is 2.19. The Morgan fingerprint density at radius 3 is 2.89 bits per heavy atom. The molecule has 0 spiro atoms. The standard InChI is InChI=1S/C12H22N4O3/c1-9(12-14-10(2)15-19-12)16(3)8-11(17)13-6-5-7-18-4/h9H,5-8H2,1-4H3,(H,13,17)/t9-/m0/s1. The fourth-order valence-corrected chi connectivity index (χ4v) is 1.54. The van der Waals surface area contributed by atoms with Gasteiger partial charge in [0.15, 0.2) is 5.82 Å². The summed E-state index contributed by atoms with van der Waals surface area (Å²) in [6, 6.07) is -0.0917. The average Bonchev–Trinajstić information content (AvgIpc) is 2.80. The van der Waals surface area contributed by atoms with Gasteiger partial charge in [-0.2, -0.15) is 4.98 Å². The van der Waals surface area contributed by atoms with E-state index in [2.05, 4.69) is 15.5 Å². The number of aromatic nitrogens is 2. The smallest absolute Gasteiger partial charge is 0.243 e. The van der Waals surface area contributed by atoms with E-state index in [1.165, 1.54) is 0 Å². The zero-order valence-corrected chi connectivity index (χ0v) is 12.0. The van der Waals surface area contributed by atoms with Crippen LogP contribution in [0, 0.1) is 6.92 Å². The molecule has 1 amide bonds. The second-order valence-corrected chi connectivity index (χ2v) is 4.47. The van der Waals surface area contributed by atoms with Gasteiger partial charge in [-0.1, -0.05) is 5.16 Å². The van der Waals surface area contributed by atoms with Crippen LogP contribution in [0.25, 0.3) is 0 Å². The highest BCUT2D eigenvalue weighted by atomic mass is 16.5. The summed E-state index contributed by atoms with van der Waals surface area (Å²) < 4.78 is 10.0. The maximum Gasteiger partial charge on any atom is 0.243 e. The molecule has 0 bridgehead atoms. The van der Waals surface area contributed by atoms with Crippen molar-refractivity contribution in [1.82, 2.24) is 20.4 Å². The minimum Gasteiger partial charge on any atom is -0.385 e. The lowest BCUT2D eigenvalue weighted by Crippen LogP contribution is -2.37. The van der Waals surface area contributed by atoms with E-state index in [4.69, 9.17) is 9.26 Å². The predicted octanol–water partition coefficient (Wildman–Crippen LogP) is 0.524. The van der Waals surface area contributed by atoms with Crippen LogP contribution in [0.4, 0.5) is 0 Å². The van der Waals surface area contributed by atoms with Crippen molar-refractivity contribution in [1.29, 1.82) is 0 Å². The molecule has 0 aliphatic rings.